The minimum atomic E-state index is 0.220. The fraction of sp³-hybridized carbons (Fsp3) is 0.0303. The van der Waals surface area contributed by atoms with Gasteiger partial charge in [-0.15, -0.1) is 0 Å². The van der Waals surface area contributed by atoms with Gasteiger partial charge in [-0.1, -0.05) is 107 Å². The Labute approximate surface area is 274 Å². The predicted octanol–water partition coefficient (Wildman–Crippen LogP) is 9.79. The van der Waals surface area contributed by atoms with Crippen molar-refractivity contribution in [2.24, 2.45) is 0 Å². The molecule has 0 radical (unpaired) electrons. The van der Waals surface area contributed by atoms with Crippen LogP contribution in [-0.4, -0.2) is 39.9 Å². The van der Waals surface area contributed by atoms with E-state index in [1.807, 2.05) is 67.6 Å². The van der Waals surface area contributed by atoms with Crippen molar-refractivity contribution < 1.29 is 0 Å². The number of benzene rings is 4. The van der Waals surface area contributed by atoms with Crippen molar-refractivity contribution in [1.29, 1.82) is 0 Å². The van der Waals surface area contributed by atoms with Gasteiger partial charge in [0.25, 0.3) is 0 Å². The van der Waals surface area contributed by atoms with Crippen molar-refractivity contribution in [3.8, 4) is 45.6 Å². The van der Waals surface area contributed by atoms with Crippen molar-refractivity contribution in [3.05, 3.63) is 92.4 Å². The van der Waals surface area contributed by atoms with Crippen LogP contribution in [0.15, 0.2) is 66.7 Å². The second-order valence-electron chi connectivity index (χ2n) is 10.7. The zero-order valence-electron chi connectivity index (χ0n) is 23.0. The Morgan fingerprint density at radius 3 is 1.67 bits per heavy atom. The average molecular weight is 666 g/mol. The molecule has 2 aliphatic heterocycles. The van der Waals surface area contributed by atoms with Crippen molar-refractivity contribution in [1.82, 2.24) is 39.9 Å². The molecule has 12 heteroatoms. The second kappa shape index (κ2) is 9.70. The summed E-state index contributed by atoms with van der Waals surface area (Å²) in [5.41, 5.74) is 5.80. The van der Waals surface area contributed by atoms with Crippen LogP contribution in [0.5, 0.6) is 0 Å². The molecule has 0 saturated carbocycles. The number of H-pyrrole nitrogens is 2. The Balaban J connectivity index is 1.55. The molecule has 216 valence electrons. The maximum atomic E-state index is 6.87. The Bertz CT molecular complexity index is 2630. The summed E-state index contributed by atoms with van der Waals surface area (Å²) in [5.74, 6) is 1.78. The molecule has 8 bridgehead atoms. The van der Waals surface area contributed by atoms with Crippen LogP contribution in [0.3, 0.4) is 0 Å². The molecule has 0 saturated heterocycles. The van der Waals surface area contributed by atoms with E-state index in [4.69, 9.17) is 76.3 Å². The number of rotatable bonds is 0. The van der Waals surface area contributed by atoms with Gasteiger partial charge in [-0.2, -0.15) is 0 Å². The number of nitrogens with zero attached hydrogens (tertiary/aromatic N) is 6. The van der Waals surface area contributed by atoms with Crippen LogP contribution in [0.1, 0.15) is 5.56 Å². The van der Waals surface area contributed by atoms with Crippen LogP contribution in [-0.2, 0) is 0 Å². The quantitative estimate of drug-likeness (QED) is 0.156. The molecule has 0 unspecified atom stereocenters. The van der Waals surface area contributed by atoms with Gasteiger partial charge in [0.05, 0.1) is 20.1 Å². The second-order valence-corrected chi connectivity index (χ2v) is 12.2. The van der Waals surface area contributed by atoms with E-state index in [2.05, 4.69) is 9.97 Å². The molecule has 9 rings (SSSR count). The molecular formula is C33H16Cl4N8. The Hall–Kier alpha value is -4.60. The third kappa shape index (κ3) is 3.87. The van der Waals surface area contributed by atoms with E-state index < -0.39 is 0 Å². The standard InChI is InChI=1S/C33H16Cl4N8/c1-13-20-22(24(36)25(37)23(13)35)33-44-31(20)42-29-17-10-5-4-9-16(17)27(40-29)38-26-14-7-2-3-8-15(14)28(39-26)41-30-18-11-6-12-19(34)21(18)32(43-30)45-33/h2-12H,1H3,(H2,38,39,40,41,42,43,44,45). The largest absolute Gasteiger partial charge is 0.324 e. The topological polar surface area (TPSA) is 109 Å². The summed E-state index contributed by atoms with van der Waals surface area (Å²) < 4.78 is 0. The third-order valence-corrected chi connectivity index (χ3v) is 9.86. The van der Waals surface area contributed by atoms with Gasteiger partial charge in [-0.3, -0.25) is 0 Å². The molecule has 0 aliphatic carbocycles. The normalized spacial score (nSPS) is 12.1. The molecule has 7 aromatic rings. The minimum absolute atomic E-state index is 0.220. The van der Waals surface area contributed by atoms with Crippen molar-refractivity contribution in [2.45, 2.75) is 6.92 Å². The van der Waals surface area contributed by atoms with Gasteiger partial charge in [0.2, 0.25) is 0 Å². The van der Waals surface area contributed by atoms with Crippen LogP contribution in [0.4, 0.5) is 0 Å². The van der Waals surface area contributed by atoms with Gasteiger partial charge in [0.15, 0.2) is 23.3 Å². The first-order chi connectivity index (χ1) is 21.9. The minimum Gasteiger partial charge on any atom is -0.324 e. The number of aryl methyl sites for hydroxylation is 1. The van der Waals surface area contributed by atoms with Gasteiger partial charge < -0.3 is 9.97 Å². The lowest BCUT2D eigenvalue weighted by atomic mass is 10.1. The zero-order valence-corrected chi connectivity index (χ0v) is 26.1. The van der Waals surface area contributed by atoms with Gasteiger partial charge >= 0.3 is 0 Å². The third-order valence-electron chi connectivity index (χ3n) is 8.13. The van der Waals surface area contributed by atoms with Crippen LogP contribution >= 0.6 is 46.4 Å². The monoisotopic (exact) mass is 664 g/mol. The van der Waals surface area contributed by atoms with E-state index in [1.165, 1.54) is 0 Å². The molecule has 0 spiro atoms. The number of hydrogen-bond donors (Lipinski definition) is 2. The lowest BCUT2D eigenvalue weighted by Gasteiger charge is -2.06. The van der Waals surface area contributed by atoms with Crippen LogP contribution in [0, 0.1) is 6.92 Å². The Kier molecular flexibility index (Phi) is 5.77. The van der Waals surface area contributed by atoms with Crippen molar-refractivity contribution in [3.63, 3.8) is 0 Å². The zero-order chi connectivity index (χ0) is 30.6. The summed E-state index contributed by atoms with van der Waals surface area (Å²) in [5, 5.41) is 4.25. The first-order valence-corrected chi connectivity index (χ1v) is 15.3. The lowest BCUT2D eigenvalue weighted by molar-refractivity contribution is 1.19. The number of fused-ring (bicyclic) bond motifs is 20. The van der Waals surface area contributed by atoms with E-state index in [1.54, 1.807) is 6.07 Å². The van der Waals surface area contributed by atoms with Crippen LogP contribution < -0.4 is 0 Å². The molecule has 0 atom stereocenters. The van der Waals surface area contributed by atoms with Gasteiger partial charge in [0.1, 0.15) is 22.6 Å². The number of halogens is 4. The average Bonchev–Trinajstić information content (AvgIpc) is 3.78. The summed E-state index contributed by atoms with van der Waals surface area (Å²) in [6.07, 6.45) is 0. The maximum Gasteiger partial charge on any atom is 0.166 e. The molecule has 4 aromatic carbocycles. The van der Waals surface area contributed by atoms with Gasteiger partial charge in [-0.25, -0.2) is 29.9 Å². The smallest absolute Gasteiger partial charge is 0.166 e. The molecule has 2 aliphatic rings. The highest BCUT2D eigenvalue weighted by Gasteiger charge is 2.25. The summed E-state index contributed by atoms with van der Waals surface area (Å²) in [4.78, 5) is 36.5. The number of hydrogen-bond acceptors (Lipinski definition) is 6. The molecular weight excluding hydrogens is 650 g/mol. The van der Waals surface area contributed by atoms with E-state index in [9.17, 15) is 0 Å². The first kappa shape index (κ1) is 26.8. The number of aromatic amines is 2. The SMILES string of the molecule is Cc1c(Cl)c(Cl)c(Cl)c2c3nc4nc(nc5[nH]c(nc6nc(nc([nH]3)c12)-c1ccccc1-6)c1ccccc51)-c1cccc(Cl)c1-4. The van der Waals surface area contributed by atoms with Crippen molar-refractivity contribution >= 4 is 90.5 Å². The molecule has 0 fully saturated rings. The number of nitrogens with one attached hydrogen (secondary N) is 2. The molecule has 0 amide bonds. The molecule has 45 heavy (non-hydrogen) atoms. The lowest BCUT2D eigenvalue weighted by Crippen LogP contribution is -1.85. The highest BCUT2D eigenvalue weighted by molar-refractivity contribution is 6.52. The molecule has 2 N–H and O–H groups in total. The number of aromatic nitrogens is 8. The van der Waals surface area contributed by atoms with E-state index >= 15 is 0 Å². The predicted molar refractivity (Wildman–Crippen MR) is 181 cm³/mol. The fourth-order valence-corrected chi connectivity index (χ4v) is 7.04. The molecule has 5 heterocycles. The Morgan fingerprint density at radius 1 is 0.467 bits per heavy atom. The maximum absolute atomic E-state index is 6.87. The highest BCUT2D eigenvalue weighted by atomic mass is 35.5. The first-order valence-electron chi connectivity index (χ1n) is 13.8. The van der Waals surface area contributed by atoms with Gasteiger partial charge in [0, 0.05) is 43.8 Å². The summed E-state index contributed by atoms with van der Waals surface area (Å²) >= 11 is 26.9. The highest BCUT2D eigenvalue weighted by Crippen LogP contribution is 2.44. The summed E-state index contributed by atoms with van der Waals surface area (Å²) in [6, 6.07) is 21.3. The van der Waals surface area contributed by atoms with Gasteiger partial charge in [-0.05, 0) is 18.6 Å². The van der Waals surface area contributed by atoms with E-state index in [0.29, 0.717) is 77.8 Å². The van der Waals surface area contributed by atoms with Crippen LogP contribution in [0.25, 0.3) is 89.7 Å². The van der Waals surface area contributed by atoms with Crippen LogP contribution in [0.2, 0.25) is 20.1 Å². The summed E-state index contributed by atoms with van der Waals surface area (Å²) in [7, 11) is 0. The summed E-state index contributed by atoms with van der Waals surface area (Å²) in [6.45, 7) is 1.86. The van der Waals surface area contributed by atoms with Crippen molar-refractivity contribution in [2.75, 3.05) is 0 Å². The van der Waals surface area contributed by atoms with E-state index in [-0.39, 0.29) is 10.0 Å². The molecule has 3 aromatic heterocycles. The van der Waals surface area contributed by atoms with E-state index in [0.717, 1.165) is 27.5 Å². The Morgan fingerprint density at radius 2 is 0.978 bits per heavy atom. The molecule has 8 nitrogen and oxygen atoms in total. The fourth-order valence-electron chi connectivity index (χ4n) is 6.03.